The van der Waals surface area contributed by atoms with Crippen LogP contribution < -0.4 is 10.2 Å². The van der Waals surface area contributed by atoms with Gasteiger partial charge in [-0.25, -0.2) is 0 Å². The standard InChI is InChI=1S/C51H37ClN2O.C7H8/c1-32-13-3-8-21-45(32)53-33(2)34-25-27-35(28-26-34)36-29-30-46-43(31-36)38-15-5-4-14-37(38)40-18-11-19-41(51(40)54(46)47-22-9-7-20-44(47)52)39-17-12-24-49-50(39)42-16-6-10-23-48(42)55-49;1-7-5-3-2-4-6-7/h3-31,33,53H,1-2H3;2-6H,1H3. The summed E-state index contributed by atoms with van der Waals surface area (Å²) in [5.74, 6) is 0. The third-order valence-corrected chi connectivity index (χ3v) is 12.3. The summed E-state index contributed by atoms with van der Waals surface area (Å²) in [5.41, 5.74) is 18.9. The first kappa shape index (κ1) is 38.8. The van der Waals surface area contributed by atoms with Gasteiger partial charge in [0, 0.05) is 39.2 Å². The SMILES string of the molecule is Cc1ccccc1.Cc1ccccc1NC(C)c1ccc(-c2ccc3c(c2)-c2ccccc2-c2cccc(-c4cccc5oc6ccccc6c45)c2N3c2ccccc2Cl)cc1. The number of nitrogens with zero attached hydrogens (tertiary/aromatic N) is 1. The molecule has 0 saturated heterocycles. The normalized spacial score (nSPS) is 12.1. The first-order valence-electron chi connectivity index (χ1n) is 21.2. The van der Waals surface area contributed by atoms with Crippen molar-refractivity contribution in [2.24, 2.45) is 0 Å². The van der Waals surface area contributed by atoms with Crippen LogP contribution in [-0.4, -0.2) is 0 Å². The molecule has 0 spiro atoms. The van der Waals surface area contributed by atoms with Crippen molar-refractivity contribution in [3.63, 3.8) is 0 Å². The van der Waals surface area contributed by atoms with Crippen LogP contribution >= 0.6 is 11.6 Å². The highest BCUT2D eigenvalue weighted by Crippen LogP contribution is 2.56. The second kappa shape index (κ2) is 16.6. The van der Waals surface area contributed by atoms with Gasteiger partial charge in [-0.1, -0.05) is 181 Å². The molecule has 0 radical (unpaired) electrons. The van der Waals surface area contributed by atoms with Crippen molar-refractivity contribution in [3.8, 4) is 44.5 Å². The predicted octanol–water partition coefficient (Wildman–Crippen LogP) is 17.2. The third-order valence-electron chi connectivity index (χ3n) is 12.0. The number of para-hydroxylation sites is 4. The Morgan fingerprint density at radius 2 is 1.08 bits per heavy atom. The molecular formula is C58H45ClN2O. The van der Waals surface area contributed by atoms with Gasteiger partial charge in [-0.3, -0.25) is 0 Å². The lowest BCUT2D eigenvalue weighted by Gasteiger charge is -2.30. The van der Waals surface area contributed by atoms with Crippen molar-refractivity contribution in [3.05, 3.63) is 228 Å². The van der Waals surface area contributed by atoms with Crippen LogP contribution in [0.15, 0.2) is 211 Å². The van der Waals surface area contributed by atoms with Crippen LogP contribution in [0, 0.1) is 13.8 Å². The summed E-state index contributed by atoms with van der Waals surface area (Å²) in [6.07, 6.45) is 0. The predicted molar refractivity (Wildman–Crippen MR) is 263 cm³/mol. The van der Waals surface area contributed by atoms with Crippen LogP contribution in [0.3, 0.4) is 0 Å². The molecule has 10 aromatic rings. The maximum atomic E-state index is 7.17. The fourth-order valence-corrected chi connectivity index (χ4v) is 9.07. The Morgan fingerprint density at radius 1 is 0.484 bits per heavy atom. The van der Waals surface area contributed by atoms with Gasteiger partial charge in [0.05, 0.1) is 22.1 Å². The van der Waals surface area contributed by atoms with E-state index in [1.165, 1.54) is 27.8 Å². The number of rotatable bonds is 6. The highest BCUT2D eigenvalue weighted by molar-refractivity contribution is 6.34. The van der Waals surface area contributed by atoms with Crippen LogP contribution in [0.25, 0.3) is 66.4 Å². The Kier molecular flexibility index (Phi) is 10.4. The minimum atomic E-state index is 0.164. The van der Waals surface area contributed by atoms with E-state index in [0.717, 1.165) is 78.1 Å². The molecule has 1 atom stereocenters. The number of benzene rings is 9. The zero-order valence-corrected chi connectivity index (χ0v) is 35.7. The molecule has 0 bridgehead atoms. The molecule has 9 aromatic carbocycles. The molecule has 62 heavy (non-hydrogen) atoms. The lowest BCUT2D eigenvalue weighted by molar-refractivity contribution is 0.669. The molecule has 1 aromatic heterocycles. The largest absolute Gasteiger partial charge is 0.456 e. The molecule has 4 heteroatoms. The Balaban J connectivity index is 0.000000598. The zero-order valence-electron chi connectivity index (χ0n) is 34.9. The number of hydrogen-bond donors (Lipinski definition) is 1. The highest BCUT2D eigenvalue weighted by Gasteiger charge is 2.30. The summed E-state index contributed by atoms with van der Waals surface area (Å²) in [6.45, 7) is 6.44. The summed E-state index contributed by atoms with van der Waals surface area (Å²) in [4.78, 5) is 2.37. The number of fused-ring (bicyclic) bond motifs is 8. The van der Waals surface area contributed by atoms with Gasteiger partial charge < -0.3 is 14.6 Å². The maximum Gasteiger partial charge on any atom is 0.136 e. The molecule has 0 amide bonds. The molecule has 2 heterocycles. The molecule has 11 rings (SSSR count). The van der Waals surface area contributed by atoms with Crippen molar-refractivity contribution in [2.45, 2.75) is 26.8 Å². The second-order valence-electron chi connectivity index (χ2n) is 16.0. The smallest absolute Gasteiger partial charge is 0.136 e. The zero-order chi connectivity index (χ0) is 42.2. The van der Waals surface area contributed by atoms with Gasteiger partial charge in [-0.15, -0.1) is 0 Å². The number of furan rings is 1. The molecule has 1 unspecified atom stereocenters. The second-order valence-corrected chi connectivity index (χ2v) is 16.4. The summed E-state index contributed by atoms with van der Waals surface area (Å²) in [6, 6.07) is 72.9. The average Bonchev–Trinajstić information content (AvgIpc) is 3.65. The van der Waals surface area contributed by atoms with E-state index in [1.54, 1.807) is 0 Å². The number of hydrogen-bond acceptors (Lipinski definition) is 3. The van der Waals surface area contributed by atoms with E-state index >= 15 is 0 Å². The molecule has 0 saturated carbocycles. The summed E-state index contributed by atoms with van der Waals surface area (Å²) in [7, 11) is 0. The number of anilines is 4. The third kappa shape index (κ3) is 7.21. The molecule has 1 N–H and O–H groups in total. The van der Waals surface area contributed by atoms with Gasteiger partial charge in [0.2, 0.25) is 0 Å². The van der Waals surface area contributed by atoms with Crippen molar-refractivity contribution in [1.82, 2.24) is 0 Å². The topological polar surface area (TPSA) is 28.4 Å². The van der Waals surface area contributed by atoms with Crippen LogP contribution in [0.1, 0.15) is 29.7 Å². The minimum absolute atomic E-state index is 0.164. The van der Waals surface area contributed by atoms with Gasteiger partial charge >= 0.3 is 0 Å². The van der Waals surface area contributed by atoms with Crippen molar-refractivity contribution in [1.29, 1.82) is 0 Å². The Hall–Kier alpha value is -7.33. The maximum absolute atomic E-state index is 7.17. The van der Waals surface area contributed by atoms with Crippen LogP contribution in [0.4, 0.5) is 22.7 Å². The molecular weight excluding hydrogens is 776 g/mol. The first-order valence-corrected chi connectivity index (χ1v) is 21.6. The van der Waals surface area contributed by atoms with E-state index in [4.69, 9.17) is 16.0 Å². The Labute approximate surface area is 368 Å². The fourth-order valence-electron chi connectivity index (χ4n) is 8.85. The molecule has 3 nitrogen and oxygen atoms in total. The van der Waals surface area contributed by atoms with E-state index in [9.17, 15) is 0 Å². The van der Waals surface area contributed by atoms with Gasteiger partial charge in [0.15, 0.2) is 0 Å². The molecule has 1 aliphatic heterocycles. The van der Waals surface area contributed by atoms with Gasteiger partial charge in [-0.2, -0.15) is 0 Å². The monoisotopic (exact) mass is 820 g/mol. The van der Waals surface area contributed by atoms with Crippen LogP contribution in [0.2, 0.25) is 5.02 Å². The van der Waals surface area contributed by atoms with E-state index < -0.39 is 0 Å². The minimum Gasteiger partial charge on any atom is -0.456 e. The molecule has 0 aliphatic carbocycles. The fraction of sp³-hybridized carbons (Fsp3) is 0.0690. The Morgan fingerprint density at radius 3 is 1.84 bits per heavy atom. The van der Waals surface area contributed by atoms with Crippen molar-refractivity contribution >= 4 is 56.3 Å². The van der Waals surface area contributed by atoms with Crippen LogP contribution in [-0.2, 0) is 0 Å². The van der Waals surface area contributed by atoms with Crippen molar-refractivity contribution in [2.75, 3.05) is 10.2 Å². The van der Waals surface area contributed by atoms with Gasteiger partial charge in [0.1, 0.15) is 11.2 Å². The lowest BCUT2D eigenvalue weighted by Crippen LogP contribution is -2.13. The molecule has 300 valence electrons. The number of nitrogens with one attached hydrogen (secondary N) is 1. The van der Waals surface area contributed by atoms with Gasteiger partial charge in [0.25, 0.3) is 0 Å². The molecule has 0 fully saturated rings. The first-order chi connectivity index (χ1) is 30.4. The van der Waals surface area contributed by atoms with Crippen LogP contribution in [0.5, 0.6) is 0 Å². The number of halogens is 1. The van der Waals surface area contributed by atoms with Gasteiger partial charge in [-0.05, 0) is 102 Å². The summed E-state index contributed by atoms with van der Waals surface area (Å²) in [5, 5.41) is 6.57. The summed E-state index contributed by atoms with van der Waals surface area (Å²) >= 11 is 7.17. The summed E-state index contributed by atoms with van der Waals surface area (Å²) < 4.78 is 6.40. The average molecular weight is 821 g/mol. The number of aryl methyl sites for hydroxylation is 2. The molecule has 1 aliphatic rings. The van der Waals surface area contributed by atoms with E-state index in [-0.39, 0.29) is 6.04 Å². The van der Waals surface area contributed by atoms with E-state index in [2.05, 4.69) is 195 Å². The van der Waals surface area contributed by atoms with Crippen molar-refractivity contribution < 1.29 is 4.42 Å². The highest BCUT2D eigenvalue weighted by atomic mass is 35.5. The Bertz CT molecular complexity index is 3220. The quantitative estimate of drug-likeness (QED) is 0.181. The van der Waals surface area contributed by atoms with E-state index in [0.29, 0.717) is 5.02 Å². The lowest BCUT2D eigenvalue weighted by atomic mass is 9.90. The van der Waals surface area contributed by atoms with E-state index in [1.807, 2.05) is 42.5 Å².